The summed E-state index contributed by atoms with van der Waals surface area (Å²) >= 11 is 1.27. The first-order valence-corrected chi connectivity index (χ1v) is 12.9. The van der Waals surface area contributed by atoms with Crippen LogP contribution in [0.5, 0.6) is 5.75 Å². The van der Waals surface area contributed by atoms with Crippen molar-refractivity contribution in [1.82, 2.24) is 9.55 Å². The van der Waals surface area contributed by atoms with E-state index < -0.39 is 0 Å². The van der Waals surface area contributed by atoms with Gasteiger partial charge in [0, 0.05) is 17.5 Å². The highest BCUT2D eigenvalue weighted by Gasteiger charge is 2.44. The number of rotatable bonds is 7. The van der Waals surface area contributed by atoms with E-state index in [1.54, 1.807) is 29.9 Å². The van der Waals surface area contributed by atoms with E-state index in [9.17, 15) is 9.59 Å². The first-order chi connectivity index (χ1) is 17.1. The Hall–Kier alpha value is -3.32. The van der Waals surface area contributed by atoms with Crippen molar-refractivity contribution in [2.24, 2.45) is 0 Å². The summed E-state index contributed by atoms with van der Waals surface area (Å²) in [5.74, 6) is 0.525. The second-order valence-electron chi connectivity index (χ2n) is 9.18. The molecule has 0 radical (unpaired) electrons. The Morgan fingerprint density at radius 1 is 1.20 bits per heavy atom. The number of nitrogens with one attached hydrogen (secondary N) is 1. The fourth-order valence-electron chi connectivity index (χ4n) is 5.51. The predicted octanol–water partition coefficient (Wildman–Crippen LogP) is 5.20. The molecule has 0 saturated heterocycles. The number of para-hydroxylation sites is 2. The first-order valence-electron chi connectivity index (χ1n) is 12.0. The molecule has 1 fully saturated rings. The lowest BCUT2D eigenvalue weighted by molar-refractivity contribution is -0.113. The lowest BCUT2D eigenvalue weighted by atomic mass is 9.68. The predicted molar refractivity (Wildman–Crippen MR) is 140 cm³/mol. The van der Waals surface area contributed by atoms with Crippen LogP contribution in [0.3, 0.4) is 0 Å². The molecule has 1 amide bonds. The Kier molecular flexibility index (Phi) is 6.52. The Bertz CT molecular complexity index is 1340. The van der Waals surface area contributed by atoms with Gasteiger partial charge in [-0.3, -0.25) is 14.2 Å². The van der Waals surface area contributed by atoms with E-state index in [4.69, 9.17) is 9.72 Å². The molecule has 0 unspecified atom stereocenters. The molecule has 0 aliphatic heterocycles. The molecule has 1 N–H and O–H groups in total. The minimum atomic E-state index is -0.190. The number of nitrogens with zero attached hydrogens (tertiary/aromatic N) is 2. The molecule has 6 nitrogen and oxygen atoms in total. The number of hydrogen-bond acceptors (Lipinski definition) is 5. The highest BCUT2D eigenvalue weighted by Crippen LogP contribution is 2.49. The summed E-state index contributed by atoms with van der Waals surface area (Å²) in [7, 11) is 1.57. The molecule has 1 heterocycles. The number of allylic oxidation sites excluding steroid dienone is 1. The zero-order chi connectivity index (χ0) is 24.4. The van der Waals surface area contributed by atoms with Crippen molar-refractivity contribution in [3.63, 3.8) is 0 Å². The van der Waals surface area contributed by atoms with Crippen LogP contribution in [0, 0.1) is 0 Å². The van der Waals surface area contributed by atoms with Crippen molar-refractivity contribution >= 4 is 23.4 Å². The minimum Gasteiger partial charge on any atom is -0.495 e. The molecule has 2 aliphatic rings. The second kappa shape index (κ2) is 9.74. The standard InChI is InChI=1S/C28H29N3O3S/c1-3-16-31-26(33)24-25(20-11-5-4-10-19(20)17-28(24)14-8-9-15-28)30-27(31)35-18-23(32)29-21-12-6-7-13-22(21)34-2/h3-7,10-13H,1,8-9,14-18H2,2H3,(H,29,32). The normalized spacial score (nSPS) is 15.3. The molecular formula is C28H29N3O3S. The molecule has 3 aromatic rings. The van der Waals surface area contributed by atoms with E-state index in [-0.39, 0.29) is 22.6 Å². The van der Waals surface area contributed by atoms with Crippen molar-refractivity contribution in [2.45, 2.75) is 49.2 Å². The summed E-state index contributed by atoms with van der Waals surface area (Å²) < 4.78 is 7.01. The second-order valence-corrected chi connectivity index (χ2v) is 10.1. The van der Waals surface area contributed by atoms with Crippen molar-refractivity contribution in [1.29, 1.82) is 0 Å². The number of carbonyl (C=O) groups excluding carboxylic acids is 1. The monoisotopic (exact) mass is 487 g/mol. The quantitative estimate of drug-likeness (QED) is 0.282. The van der Waals surface area contributed by atoms with Crippen molar-refractivity contribution in [2.75, 3.05) is 18.2 Å². The maximum atomic E-state index is 14.0. The van der Waals surface area contributed by atoms with E-state index in [2.05, 4.69) is 30.1 Å². The Morgan fingerprint density at radius 3 is 2.71 bits per heavy atom. The van der Waals surface area contributed by atoms with Gasteiger partial charge >= 0.3 is 0 Å². The maximum Gasteiger partial charge on any atom is 0.258 e. The zero-order valence-corrected chi connectivity index (χ0v) is 20.7. The number of thioether (sulfide) groups is 1. The van der Waals surface area contributed by atoms with Crippen LogP contribution in [0.4, 0.5) is 5.69 Å². The van der Waals surface area contributed by atoms with Crippen molar-refractivity contribution in [3.05, 3.63) is 82.7 Å². The molecule has 7 heteroatoms. The SMILES string of the molecule is C=CCn1c(SCC(=O)Nc2ccccc2OC)nc2c(c1=O)C1(CCCC1)Cc1ccccc1-2. The smallest absolute Gasteiger partial charge is 0.258 e. The van der Waals surface area contributed by atoms with Gasteiger partial charge in [-0.1, -0.05) is 67.1 Å². The fraction of sp³-hybridized carbons (Fsp3) is 0.321. The van der Waals surface area contributed by atoms with Gasteiger partial charge in [0.1, 0.15) is 5.75 Å². The largest absolute Gasteiger partial charge is 0.495 e. The number of amides is 1. The van der Waals surface area contributed by atoms with E-state index in [0.29, 0.717) is 23.1 Å². The molecular weight excluding hydrogens is 458 g/mol. The first kappa shape index (κ1) is 23.4. The van der Waals surface area contributed by atoms with Crippen LogP contribution in [0.15, 0.2) is 71.1 Å². The summed E-state index contributed by atoms with van der Waals surface area (Å²) in [6, 6.07) is 15.6. The van der Waals surface area contributed by atoms with E-state index in [1.807, 2.05) is 18.2 Å². The highest BCUT2D eigenvalue weighted by atomic mass is 32.2. The number of methoxy groups -OCH3 is 1. The van der Waals surface area contributed by atoms with Crippen LogP contribution < -0.4 is 15.6 Å². The molecule has 2 aliphatic carbocycles. The Morgan fingerprint density at radius 2 is 1.94 bits per heavy atom. The van der Waals surface area contributed by atoms with Crippen molar-refractivity contribution < 1.29 is 9.53 Å². The van der Waals surface area contributed by atoms with Gasteiger partial charge in [-0.15, -0.1) is 6.58 Å². The van der Waals surface area contributed by atoms with E-state index in [1.165, 1.54) is 17.3 Å². The van der Waals surface area contributed by atoms with Gasteiger partial charge in [0.05, 0.1) is 29.8 Å². The number of hydrogen-bond donors (Lipinski definition) is 1. The number of aromatic nitrogens is 2. The van der Waals surface area contributed by atoms with Crippen LogP contribution in [-0.4, -0.2) is 28.3 Å². The van der Waals surface area contributed by atoms with Gasteiger partial charge in [-0.2, -0.15) is 0 Å². The third-order valence-corrected chi connectivity index (χ3v) is 8.03. The summed E-state index contributed by atoms with van der Waals surface area (Å²) in [5.41, 5.74) is 4.37. The van der Waals surface area contributed by atoms with Crippen LogP contribution in [0.2, 0.25) is 0 Å². The van der Waals surface area contributed by atoms with Gasteiger partial charge in [0.2, 0.25) is 5.91 Å². The summed E-state index contributed by atoms with van der Waals surface area (Å²) in [4.78, 5) is 31.8. The molecule has 0 atom stereocenters. The summed E-state index contributed by atoms with van der Waals surface area (Å²) in [6.45, 7) is 4.21. The number of benzene rings is 2. The summed E-state index contributed by atoms with van der Waals surface area (Å²) in [5, 5.41) is 3.43. The van der Waals surface area contributed by atoms with Crippen LogP contribution >= 0.6 is 11.8 Å². The zero-order valence-electron chi connectivity index (χ0n) is 19.9. The maximum absolute atomic E-state index is 14.0. The van der Waals surface area contributed by atoms with Crippen molar-refractivity contribution in [3.8, 4) is 17.0 Å². The van der Waals surface area contributed by atoms with Gasteiger partial charge in [-0.05, 0) is 37.0 Å². The number of fused-ring (bicyclic) bond motifs is 4. The molecule has 5 rings (SSSR count). The summed E-state index contributed by atoms with van der Waals surface area (Å²) in [6.07, 6.45) is 6.87. The average molecular weight is 488 g/mol. The van der Waals surface area contributed by atoms with Gasteiger partial charge in [0.25, 0.3) is 5.56 Å². The Balaban J connectivity index is 1.51. The molecule has 0 bridgehead atoms. The molecule has 1 saturated carbocycles. The molecule has 1 aromatic heterocycles. The molecule has 35 heavy (non-hydrogen) atoms. The average Bonchev–Trinajstić information content (AvgIpc) is 3.33. The number of ether oxygens (including phenoxy) is 1. The number of carbonyl (C=O) groups is 1. The van der Waals surface area contributed by atoms with Gasteiger partial charge < -0.3 is 10.1 Å². The van der Waals surface area contributed by atoms with Crippen LogP contribution in [-0.2, 0) is 23.2 Å². The lowest BCUT2D eigenvalue weighted by Crippen LogP contribution is -2.40. The van der Waals surface area contributed by atoms with E-state index in [0.717, 1.165) is 48.9 Å². The van der Waals surface area contributed by atoms with Gasteiger partial charge in [-0.25, -0.2) is 4.98 Å². The topological polar surface area (TPSA) is 73.2 Å². The highest BCUT2D eigenvalue weighted by molar-refractivity contribution is 7.99. The Labute approximate surface area is 209 Å². The third kappa shape index (κ3) is 4.29. The van der Waals surface area contributed by atoms with Gasteiger partial charge in [0.15, 0.2) is 5.16 Å². The minimum absolute atomic E-state index is 0.000982. The fourth-order valence-corrected chi connectivity index (χ4v) is 6.31. The molecule has 180 valence electrons. The van der Waals surface area contributed by atoms with Crippen LogP contribution in [0.1, 0.15) is 36.8 Å². The molecule has 1 spiro atoms. The van der Waals surface area contributed by atoms with E-state index >= 15 is 0 Å². The number of anilines is 1. The third-order valence-electron chi connectivity index (χ3n) is 7.05. The molecule has 2 aromatic carbocycles. The lowest BCUT2D eigenvalue weighted by Gasteiger charge is -2.36. The van der Waals surface area contributed by atoms with Crippen LogP contribution in [0.25, 0.3) is 11.3 Å².